The van der Waals surface area contributed by atoms with Gasteiger partial charge in [0.2, 0.25) is 11.8 Å². The molecule has 0 spiro atoms. The van der Waals surface area contributed by atoms with Gasteiger partial charge in [0.25, 0.3) is 0 Å². The summed E-state index contributed by atoms with van der Waals surface area (Å²) in [4.78, 5) is 29.0. The molecule has 0 saturated carbocycles. The molecule has 2 N–H and O–H groups in total. The predicted octanol–water partition coefficient (Wildman–Crippen LogP) is 4.23. The molecule has 28 heavy (non-hydrogen) atoms. The summed E-state index contributed by atoms with van der Waals surface area (Å²) in [6.07, 6.45) is 0.00241. The van der Waals surface area contributed by atoms with Crippen molar-refractivity contribution in [2.45, 2.75) is 11.7 Å². The van der Waals surface area contributed by atoms with Crippen molar-refractivity contribution in [3.63, 3.8) is 0 Å². The number of fused-ring (bicyclic) bond motifs is 1. The van der Waals surface area contributed by atoms with Crippen LogP contribution >= 0.6 is 11.8 Å². The maximum absolute atomic E-state index is 12.9. The molecule has 1 fully saturated rings. The fourth-order valence-electron chi connectivity index (χ4n) is 2.92. The number of aliphatic imine (C=N–C) groups is 1. The minimum Gasteiger partial charge on any atom is -0.326 e. The maximum atomic E-state index is 12.9. The molecular formula is C21H16FN3O2S. The maximum Gasteiger partial charge on any atom is 0.240 e. The second kappa shape index (κ2) is 7.82. The van der Waals surface area contributed by atoms with Gasteiger partial charge in [0, 0.05) is 17.5 Å². The van der Waals surface area contributed by atoms with E-state index in [1.165, 1.54) is 36.0 Å². The van der Waals surface area contributed by atoms with Crippen LogP contribution in [0.2, 0.25) is 0 Å². The number of rotatable bonds is 4. The van der Waals surface area contributed by atoms with Gasteiger partial charge in [-0.3, -0.25) is 9.59 Å². The summed E-state index contributed by atoms with van der Waals surface area (Å²) in [5, 5.41) is 7.37. The lowest BCUT2D eigenvalue weighted by atomic mass is 10.1. The fraction of sp³-hybridized carbons (Fsp3) is 0.0952. The van der Waals surface area contributed by atoms with Crippen molar-refractivity contribution in [3.8, 4) is 0 Å². The van der Waals surface area contributed by atoms with Gasteiger partial charge in [0.1, 0.15) is 11.1 Å². The molecule has 1 saturated heterocycles. The van der Waals surface area contributed by atoms with Crippen LogP contribution < -0.4 is 10.6 Å². The molecule has 1 aliphatic rings. The molecule has 3 aromatic carbocycles. The van der Waals surface area contributed by atoms with Gasteiger partial charge in [-0.25, -0.2) is 9.38 Å². The van der Waals surface area contributed by atoms with Gasteiger partial charge < -0.3 is 10.6 Å². The molecule has 0 aromatic heterocycles. The average Bonchev–Trinajstić information content (AvgIpc) is 3.03. The zero-order chi connectivity index (χ0) is 19.5. The number of amidine groups is 1. The largest absolute Gasteiger partial charge is 0.326 e. The predicted molar refractivity (Wildman–Crippen MR) is 110 cm³/mol. The number of benzene rings is 3. The Labute approximate surface area is 165 Å². The second-order valence-corrected chi connectivity index (χ2v) is 7.46. The van der Waals surface area contributed by atoms with Gasteiger partial charge in [-0.1, -0.05) is 48.2 Å². The molecule has 3 aromatic rings. The molecule has 7 heteroatoms. The molecule has 1 aliphatic heterocycles. The van der Waals surface area contributed by atoms with Gasteiger partial charge >= 0.3 is 0 Å². The van der Waals surface area contributed by atoms with E-state index in [9.17, 15) is 14.0 Å². The smallest absolute Gasteiger partial charge is 0.240 e. The first-order valence-corrected chi connectivity index (χ1v) is 9.56. The van der Waals surface area contributed by atoms with Crippen LogP contribution in [0.4, 0.5) is 15.8 Å². The first-order valence-electron chi connectivity index (χ1n) is 8.68. The summed E-state index contributed by atoms with van der Waals surface area (Å²) in [5.41, 5.74) is 1.25. The van der Waals surface area contributed by atoms with Crippen LogP contribution in [0.3, 0.4) is 0 Å². The highest BCUT2D eigenvalue weighted by Crippen LogP contribution is 2.30. The number of hydrogen-bond donors (Lipinski definition) is 2. The van der Waals surface area contributed by atoms with E-state index in [0.29, 0.717) is 10.9 Å². The first-order chi connectivity index (χ1) is 13.6. The van der Waals surface area contributed by atoms with Crippen molar-refractivity contribution in [1.82, 2.24) is 5.32 Å². The number of carbonyl (C=O) groups is 2. The molecule has 1 heterocycles. The minimum absolute atomic E-state index is 0.00241. The fourth-order valence-corrected chi connectivity index (χ4v) is 3.90. The first kappa shape index (κ1) is 18.2. The highest BCUT2D eigenvalue weighted by atomic mass is 32.2. The number of amides is 2. The van der Waals surface area contributed by atoms with Crippen molar-refractivity contribution in [3.05, 3.63) is 72.5 Å². The van der Waals surface area contributed by atoms with E-state index in [4.69, 9.17) is 0 Å². The molecule has 0 bridgehead atoms. The van der Waals surface area contributed by atoms with E-state index in [1.54, 1.807) is 0 Å². The van der Waals surface area contributed by atoms with Gasteiger partial charge in [0.15, 0.2) is 5.17 Å². The third kappa shape index (κ3) is 4.04. The molecule has 4 rings (SSSR count). The minimum atomic E-state index is -0.561. The molecule has 1 unspecified atom stereocenters. The molecule has 2 amide bonds. The monoisotopic (exact) mass is 393 g/mol. The highest BCUT2D eigenvalue weighted by molar-refractivity contribution is 8.15. The van der Waals surface area contributed by atoms with Crippen molar-refractivity contribution in [2.24, 2.45) is 4.99 Å². The lowest BCUT2D eigenvalue weighted by Crippen LogP contribution is -2.28. The van der Waals surface area contributed by atoms with Gasteiger partial charge in [0.05, 0.1) is 5.69 Å². The number of thioether (sulfide) groups is 1. The lowest BCUT2D eigenvalue weighted by Gasteiger charge is -2.07. The highest BCUT2D eigenvalue weighted by Gasteiger charge is 2.32. The van der Waals surface area contributed by atoms with Gasteiger partial charge in [-0.2, -0.15) is 0 Å². The number of hydrogen-bond acceptors (Lipinski definition) is 4. The van der Waals surface area contributed by atoms with Crippen LogP contribution in [0.1, 0.15) is 6.42 Å². The summed E-state index contributed by atoms with van der Waals surface area (Å²) in [7, 11) is 0. The number of halogens is 1. The van der Waals surface area contributed by atoms with Crippen molar-refractivity contribution < 1.29 is 14.0 Å². The molecule has 140 valence electrons. The Bertz CT molecular complexity index is 1080. The van der Waals surface area contributed by atoms with Crippen LogP contribution in [-0.4, -0.2) is 22.2 Å². The normalized spacial score (nSPS) is 17.7. The second-order valence-electron chi connectivity index (χ2n) is 6.27. The van der Waals surface area contributed by atoms with E-state index in [1.807, 2.05) is 42.5 Å². The lowest BCUT2D eigenvalue weighted by molar-refractivity contribution is -0.122. The molecular weight excluding hydrogens is 377 g/mol. The molecule has 0 aliphatic carbocycles. The number of nitrogens with one attached hydrogen (secondary N) is 2. The Morgan fingerprint density at radius 2 is 1.82 bits per heavy atom. The Hall–Kier alpha value is -3.19. The topological polar surface area (TPSA) is 70.6 Å². The summed E-state index contributed by atoms with van der Waals surface area (Å²) in [6.45, 7) is 0. The zero-order valence-electron chi connectivity index (χ0n) is 14.7. The molecule has 1 atom stereocenters. The van der Waals surface area contributed by atoms with Gasteiger partial charge in [-0.15, -0.1) is 0 Å². The Balaban J connectivity index is 1.45. The zero-order valence-corrected chi connectivity index (χ0v) is 15.5. The van der Waals surface area contributed by atoms with E-state index in [0.717, 1.165) is 16.5 Å². The quantitative estimate of drug-likeness (QED) is 0.697. The Kier molecular flexibility index (Phi) is 5.08. The molecule has 5 nitrogen and oxygen atoms in total. The SMILES string of the molecule is O=C(CC1SC(=Nc2cccc3ccccc23)NC1=O)Nc1ccc(F)cc1. The van der Waals surface area contributed by atoms with Crippen molar-refractivity contribution in [1.29, 1.82) is 0 Å². The van der Waals surface area contributed by atoms with E-state index in [2.05, 4.69) is 15.6 Å². The van der Waals surface area contributed by atoms with Gasteiger partial charge in [-0.05, 0) is 35.7 Å². The Morgan fingerprint density at radius 3 is 2.64 bits per heavy atom. The van der Waals surface area contributed by atoms with Crippen molar-refractivity contribution >= 4 is 50.9 Å². The summed E-state index contributed by atoms with van der Waals surface area (Å²) in [6, 6.07) is 19.2. The molecule has 0 radical (unpaired) electrons. The Morgan fingerprint density at radius 1 is 1.07 bits per heavy atom. The average molecular weight is 393 g/mol. The van der Waals surface area contributed by atoms with Crippen LogP contribution in [0, 0.1) is 5.82 Å². The van der Waals surface area contributed by atoms with Crippen LogP contribution in [0.15, 0.2) is 71.7 Å². The third-order valence-corrected chi connectivity index (χ3v) is 5.35. The van der Waals surface area contributed by atoms with Crippen LogP contribution in [0.25, 0.3) is 10.8 Å². The third-order valence-electron chi connectivity index (χ3n) is 4.26. The summed E-state index contributed by atoms with van der Waals surface area (Å²) >= 11 is 1.23. The summed E-state index contributed by atoms with van der Waals surface area (Å²) in [5.74, 6) is -0.943. The standard InChI is InChI=1S/C21H16FN3O2S/c22-14-8-10-15(11-9-14)23-19(26)12-18-20(27)25-21(28-18)24-17-7-3-5-13-4-1-2-6-16(13)17/h1-11,18H,12H2,(H,23,26)(H,24,25,27). The van der Waals surface area contributed by atoms with E-state index >= 15 is 0 Å². The summed E-state index contributed by atoms with van der Waals surface area (Å²) < 4.78 is 12.9. The van der Waals surface area contributed by atoms with E-state index in [-0.39, 0.29) is 24.1 Å². The van der Waals surface area contributed by atoms with Crippen molar-refractivity contribution in [2.75, 3.05) is 5.32 Å². The van der Waals surface area contributed by atoms with E-state index < -0.39 is 5.25 Å². The van der Waals surface area contributed by atoms with Crippen LogP contribution in [0.5, 0.6) is 0 Å². The van der Waals surface area contributed by atoms with Crippen LogP contribution in [-0.2, 0) is 9.59 Å². The number of carbonyl (C=O) groups excluding carboxylic acids is 2. The number of anilines is 1. The number of nitrogens with zero attached hydrogens (tertiary/aromatic N) is 1.